The van der Waals surface area contributed by atoms with Crippen LogP contribution in [-0.2, 0) is 16.1 Å². The molecule has 0 saturated carbocycles. The molecule has 0 radical (unpaired) electrons. The quantitative estimate of drug-likeness (QED) is 0.467. The van der Waals surface area contributed by atoms with E-state index >= 15 is 0 Å². The molecule has 1 saturated heterocycles. The summed E-state index contributed by atoms with van der Waals surface area (Å²) in [5, 5.41) is 1.97. The Morgan fingerprint density at radius 1 is 1.33 bits per heavy atom. The molecule has 1 fully saturated rings. The van der Waals surface area contributed by atoms with E-state index in [4.69, 9.17) is 4.74 Å². The van der Waals surface area contributed by atoms with Gasteiger partial charge in [-0.1, -0.05) is 18.2 Å². The van der Waals surface area contributed by atoms with E-state index in [0.717, 1.165) is 27.5 Å². The van der Waals surface area contributed by atoms with E-state index in [2.05, 4.69) is 15.9 Å². The van der Waals surface area contributed by atoms with Crippen LogP contribution < -0.4 is 0 Å². The number of aromatic nitrogens is 1. The minimum atomic E-state index is -0.301. The lowest BCUT2D eigenvalue weighted by molar-refractivity contribution is -0.149. The molecular weight excluding hydrogens is 471 g/mol. The van der Waals surface area contributed by atoms with Gasteiger partial charge in [-0.3, -0.25) is 9.59 Å². The van der Waals surface area contributed by atoms with Crippen molar-refractivity contribution < 1.29 is 18.7 Å². The van der Waals surface area contributed by atoms with Crippen LogP contribution >= 0.6 is 27.3 Å². The van der Waals surface area contributed by atoms with Gasteiger partial charge in [0.25, 0.3) is 5.91 Å². The van der Waals surface area contributed by atoms with Gasteiger partial charge < -0.3 is 14.2 Å². The van der Waals surface area contributed by atoms with E-state index in [1.54, 1.807) is 30.0 Å². The zero-order valence-corrected chi connectivity index (χ0v) is 19.0. The van der Waals surface area contributed by atoms with Crippen LogP contribution in [0.4, 0.5) is 4.39 Å². The molecule has 0 N–H and O–H groups in total. The first-order valence-corrected chi connectivity index (χ1v) is 11.6. The second kappa shape index (κ2) is 8.89. The second-order valence-corrected chi connectivity index (χ2v) is 9.11. The van der Waals surface area contributed by atoms with Crippen LogP contribution in [0.5, 0.6) is 0 Å². The second-order valence-electron chi connectivity index (χ2n) is 7.35. The standard InChI is InChI=1S/C22H22BrFN2O3S/c1-2-29-22(28)15-7-5-9-25(11-15)21(27)18-10-19-20(16(23)13-30-19)26(18)12-14-6-3-4-8-17(14)24/h3-4,6,8,10,13,15H,2,5,7,9,11-12H2,1H3/t15-/m0/s1. The number of halogens is 2. The van der Waals surface area contributed by atoms with Crippen LogP contribution in [0.3, 0.4) is 0 Å². The maximum Gasteiger partial charge on any atom is 0.310 e. The molecule has 8 heteroatoms. The van der Waals surface area contributed by atoms with Gasteiger partial charge in [0.15, 0.2) is 0 Å². The minimum Gasteiger partial charge on any atom is -0.466 e. The summed E-state index contributed by atoms with van der Waals surface area (Å²) >= 11 is 5.10. The summed E-state index contributed by atoms with van der Waals surface area (Å²) < 4.78 is 23.2. The van der Waals surface area contributed by atoms with Crippen molar-refractivity contribution in [2.24, 2.45) is 5.92 Å². The Bertz CT molecular complexity index is 1090. The fraction of sp³-hybridized carbons (Fsp3) is 0.364. The Morgan fingerprint density at radius 3 is 2.90 bits per heavy atom. The van der Waals surface area contributed by atoms with E-state index in [-0.39, 0.29) is 30.2 Å². The maximum atomic E-state index is 14.3. The van der Waals surface area contributed by atoms with E-state index in [9.17, 15) is 14.0 Å². The Morgan fingerprint density at radius 2 is 2.13 bits per heavy atom. The number of rotatable bonds is 5. The number of hydrogen-bond donors (Lipinski definition) is 0. The average molecular weight is 493 g/mol. The fourth-order valence-electron chi connectivity index (χ4n) is 3.95. The van der Waals surface area contributed by atoms with Gasteiger partial charge in [0.1, 0.15) is 11.5 Å². The van der Waals surface area contributed by atoms with Gasteiger partial charge >= 0.3 is 5.97 Å². The van der Waals surface area contributed by atoms with Crippen molar-refractivity contribution in [3.05, 3.63) is 57.3 Å². The normalized spacial score (nSPS) is 16.8. The lowest BCUT2D eigenvalue weighted by Crippen LogP contribution is -2.43. The molecule has 3 heterocycles. The minimum absolute atomic E-state index is 0.143. The third-order valence-corrected chi connectivity index (χ3v) is 7.24. The number of carbonyl (C=O) groups excluding carboxylic acids is 2. The summed E-state index contributed by atoms with van der Waals surface area (Å²) in [6.07, 6.45) is 1.47. The molecule has 2 aromatic heterocycles. The summed E-state index contributed by atoms with van der Waals surface area (Å²) in [6.45, 7) is 3.30. The smallest absolute Gasteiger partial charge is 0.310 e. The third-order valence-electron chi connectivity index (χ3n) is 5.41. The van der Waals surface area contributed by atoms with E-state index in [1.807, 2.05) is 16.0 Å². The summed E-state index contributed by atoms with van der Waals surface area (Å²) in [5.41, 5.74) is 1.90. The molecule has 1 aromatic carbocycles. The van der Waals surface area contributed by atoms with Crippen molar-refractivity contribution in [3.63, 3.8) is 0 Å². The molecule has 1 atom stereocenters. The maximum absolute atomic E-state index is 14.3. The van der Waals surface area contributed by atoms with Crippen molar-refractivity contribution in [2.75, 3.05) is 19.7 Å². The predicted octanol–water partition coefficient (Wildman–Crippen LogP) is 5.07. The van der Waals surface area contributed by atoms with Crippen LogP contribution in [0.25, 0.3) is 10.2 Å². The molecule has 0 spiro atoms. The molecule has 1 aliphatic rings. The number of esters is 1. The van der Waals surface area contributed by atoms with Crippen molar-refractivity contribution in [1.82, 2.24) is 9.47 Å². The van der Waals surface area contributed by atoms with E-state index in [1.165, 1.54) is 17.4 Å². The third kappa shape index (κ3) is 4.03. The Balaban J connectivity index is 1.67. The summed E-state index contributed by atoms with van der Waals surface area (Å²) in [6, 6.07) is 8.46. The molecule has 1 aliphatic heterocycles. The molecule has 5 nitrogen and oxygen atoms in total. The van der Waals surface area contributed by atoms with Gasteiger partial charge in [0, 0.05) is 24.0 Å². The number of fused-ring (bicyclic) bond motifs is 1. The number of thiophene rings is 1. The summed E-state index contributed by atoms with van der Waals surface area (Å²) in [4.78, 5) is 27.3. The Labute approximate surface area is 186 Å². The van der Waals surface area contributed by atoms with Crippen LogP contribution in [0.1, 0.15) is 35.8 Å². The molecule has 0 unspecified atom stereocenters. The molecule has 3 aromatic rings. The first kappa shape index (κ1) is 21.1. The molecule has 0 bridgehead atoms. The van der Waals surface area contributed by atoms with Gasteiger partial charge in [-0.15, -0.1) is 11.3 Å². The zero-order valence-electron chi connectivity index (χ0n) is 16.6. The Hall–Kier alpha value is -2.19. The molecule has 1 amide bonds. The van der Waals surface area contributed by atoms with E-state index < -0.39 is 0 Å². The number of carbonyl (C=O) groups is 2. The van der Waals surface area contributed by atoms with Gasteiger partial charge in [-0.05, 0) is 47.8 Å². The van der Waals surface area contributed by atoms with Crippen LogP contribution in [0.15, 0.2) is 40.2 Å². The van der Waals surface area contributed by atoms with Crippen molar-refractivity contribution >= 4 is 49.4 Å². The number of ether oxygens (including phenoxy) is 1. The number of nitrogens with zero attached hydrogens (tertiary/aromatic N) is 2. The van der Waals surface area contributed by atoms with Gasteiger partial charge in [0.05, 0.1) is 33.8 Å². The SMILES string of the molecule is CCOC(=O)[C@H]1CCCN(C(=O)c2cc3scc(Br)c3n2Cc2ccccc2F)C1. The molecule has 4 rings (SSSR count). The zero-order chi connectivity index (χ0) is 21.3. The van der Waals surface area contributed by atoms with Crippen LogP contribution in [0, 0.1) is 11.7 Å². The molecule has 158 valence electrons. The monoisotopic (exact) mass is 492 g/mol. The molecule has 30 heavy (non-hydrogen) atoms. The van der Waals surface area contributed by atoms with Crippen LogP contribution in [0.2, 0.25) is 0 Å². The van der Waals surface area contributed by atoms with Gasteiger partial charge in [-0.25, -0.2) is 4.39 Å². The lowest BCUT2D eigenvalue weighted by atomic mass is 9.98. The number of benzene rings is 1. The van der Waals surface area contributed by atoms with E-state index in [0.29, 0.717) is 31.0 Å². The highest BCUT2D eigenvalue weighted by molar-refractivity contribution is 9.10. The average Bonchev–Trinajstić information content (AvgIpc) is 3.29. The van der Waals surface area contributed by atoms with Crippen molar-refractivity contribution in [2.45, 2.75) is 26.3 Å². The highest BCUT2D eigenvalue weighted by atomic mass is 79.9. The number of piperidine rings is 1. The topological polar surface area (TPSA) is 51.5 Å². The summed E-state index contributed by atoms with van der Waals surface area (Å²) in [5.74, 6) is -0.994. The van der Waals surface area contributed by atoms with Gasteiger partial charge in [0.2, 0.25) is 0 Å². The highest BCUT2D eigenvalue weighted by Gasteiger charge is 2.31. The number of amides is 1. The molecule has 0 aliphatic carbocycles. The Kier molecular flexibility index (Phi) is 6.24. The first-order valence-electron chi connectivity index (χ1n) is 9.95. The highest BCUT2D eigenvalue weighted by Crippen LogP contribution is 2.35. The first-order chi connectivity index (χ1) is 14.5. The van der Waals surface area contributed by atoms with Crippen molar-refractivity contribution in [1.29, 1.82) is 0 Å². The summed E-state index contributed by atoms with van der Waals surface area (Å²) in [7, 11) is 0. The largest absolute Gasteiger partial charge is 0.466 e. The fourth-order valence-corrected chi connectivity index (χ4v) is 5.64. The van der Waals surface area contributed by atoms with Gasteiger partial charge in [-0.2, -0.15) is 0 Å². The lowest BCUT2D eigenvalue weighted by Gasteiger charge is -2.31. The predicted molar refractivity (Wildman–Crippen MR) is 118 cm³/mol. The number of likely N-dealkylation sites (tertiary alicyclic amines) is 1. The van der Waals surface area contributed by atoms with Crippen LogP contribution in [-0.4, -0.2) is 41.0 Å². The van der Waals surface area contributed by atoms with Crippen molar-refractivity contribution in [3.8, 4) is 0 Å². The molecular formula is C22H22BrFN2O3S. The number of hydrogen-bond acceptors (Lipinski definition) is 4.